The average Bonchev–Trinajstić information content (AvgIpc) is 2.84. The second-order valence-corrected chi connectivity index (χ2v) is 6.33. The molecule has 3 atom stereocenters. The zero-order valence-corrected chi connectivity index (χ0v) is 11.2. The molecule has 3 fully saturated rings. The van der Waals surface area contributed by atoms with Crippen molar-refractivity contribution in [2.75, 3.05) is 13.2 Å². The van der Waals surface area contributed by atoms with E-state index in [1.807, 2.05) is 0 Å². The van der Waals surface area contributed by atoms with Gasteiger partial charge in [0.05, 0.1) is 6.04 Å². The molecule has 0 bridgehead atoms. The van der Waals surface area contributed by atoms with Crippen LogP contribution in [0.15, 0.2) is 0 Å². The minimum atomic E-state index is 0.168. The Balaban J connectivity index is 1.50. The van der Waals surface area contributed by atoms with Crippen LogP contribution in [0.2, 0.25) is 0 Å². The van der Waals surface area contributed by atoms with Crippen LogP contribution in [-0.4, -0.2) is 31.1 Å². The minimum absolute atomic E-state index is 0.168. The van der Waals surface area contributed by atoms with E-state index < -0.39 is 0 Å². The number of ketones is 1. The second-order valence-electron chi connectivity index (χ2n) is 6.33. The lowest BCUT2D eigenvalue weighted by Gasteiger charge is -2.24. The van der Waals surface area contributed by atoms with Gasteiger partial charge in [-0.2, -0.15) is 0 Å². The second kappa shape index (κ2) is 5.70. The molecule has 0 spiro atoms. The third-order valence-electron chi connectivity index (χ3n) is 5.08. The van der Waals surface area contributed by atoms with E-state index in [0.29, 0.717) is 17.7 Å². The fourth-order valence-corrected chi connectivity index (χ4v) is 3.94. The number of ether oxygens (including phenoxy) is 1. The number of carbonyl (C=O) groups excluding carboxylic acids is 1. The molecule has 1 aliphatic carbocycles. The molecule has 2 heterocycles. The number of Topliss-reactive ketones (excluding diaryl/α,β-unsaturated/α-hetero) is 1. The van der Waals surface area contributed by atoms with Gasteiger partial charge in [-0.3, -0.25) is 4.79 Å². The van der Waals surface area contributed by atoms with Crippen molar-refractivity contribution in [3.05, 3.63) is 0 Å². The van der Waals surface area contributed by atoms with Gasteiger partial charge in [0.25, 0.3) is 0 Å². The number of rotatable bonds is 3. The van der Waals surface area contributed by atoms with E-state index in [4.69, 9.17) is 4.74 Å². The van der Waals surface area contributed by atoms with Crippen LogP contribution in [0.25, 0.3) is 0 Å². The zero-order valence-electron chi connectivity index (χ0n) is 11.2. The molecule has 18 heavy (non-hydrogen) atoms. The highest BCUT2D eigenvalue weighted by Crippen LogP contribution is 2.34. The molecule has 1 N–H and O–H groups in total. The number of hydrogen-bond acceptors (Lipinski definition) is 3. The molecule has 102 valence electrons. The maximum Gasteiger partial charge on any atom is 0.150 e. The van der Waals surface area contributed by atoms with Gasteiger partial charge in [0.2, 0.25) is 0 Å². The summed E-state index contributed by atoms with van der Waals surface area (Å²) in [7, 11) is 0. The van der Waals surface area contributed by atoms with Gasteiger partial charge < -0.3 is 10.1 Å². The molecule has 2 aliphatic heterocycles. The Morgan fingerprint density at radius 1 is 1.11 bits per heavy atom. The molecule has 0 radical (unpaired) electrons. The van der Waals surface area contributed by atoms with Gasteiger partial charge in [0.1, 0.15) is 5.78 Å². The van der Waals surface area contributed by atoms with E-state index in [1.54, 1.807) is 0 Å². The van der Waals surface area contributed by atoms with Crippen LogP contribution in [0.1, 0.15) is 51.4 Å². The van der Waals surface area contributed by atoms with Crippen LogP contribution in [0.4, 0.5) is 0 Å². The van der Waals surface area contributed by atoms with Crippen LogP contribution in [0, 0.1) is 11.8 Å². The lowest BCUT2D eigenvalue weighted by atomic mass is 9.84. The van der Waals surface area contributed by atoms with Gasteiger partial charge in [-0.05, 0) is 43.9 Å². The molecule has 0 aromatic heterocycles. The molecule has 3 heteroatoms. The molecule has 3 rings (SSSR count). The lowest BCUT2D eigenvalue weighted by molar-refractivity contribution is -0.122. The summed E-state index contributed by atoms with van der Waals surface area (Å²) in [5.41, 5.74) is 0. The van der Waals surface area contributed by atoms with Gasteiger partial charge in [-0.25, -0.2) is 0 Å². The summed E-state index contributed by atoms with van der Waals surface area (Å²) in [6.07, 6.45) is 9.35. The maximum atomic E-state index is 12.4. The first-order valence-corrected chi connectivity index (χ1v) is 7.69. The molecular formula is C15H25NO2. The van der Waals surface area contributed by atoms with Gasteiger partial charge in [-0.15, -0.1) is 0 Å². The van der Waals surface area contributed by atoms with Crippen molar-refractivity contribution in [3.63, 3.8) is 0 Å². The van der Waals surface area contributed by atoms with Crippen LogP contribution < -0.4 is 5.32 Å². The Morgan fingerprint density at radius 3 is 2.67 bits per heavy atom. The highest BCUT2D eigenvalue weighted by molar-refractivity contribution is 5.84. The summed E-state index contributed by atoms with van der Waals surface area (Å²) in [6.45, 7) is 1.70. The first kappa shape index (κ1) is 12.6. The fraction of sp³-hybridized carbons (Fsp3) is 0.933. The third-order valence-corrected chi connectivity index (χ3v) is 5.08. The van der Waals surface area contributed by atoms with Crippen LogP contribution in [-0.2, 0) is 9.53 Å². The lowest BCUT2D eigenvalue weighted by Crippen LogP contribution is -2.38. The van der Waals surface area contributed by atoms with Gasteiger partial charge in [-0.1, -0.05) is 12.8 Å². The summed E-state index contributed by atoms with van der Waals surface area (Å²) >= 11 is 0. The molecule has 0 aromatic rings. The predicted molar refractivity (Wildman–Crippen MR) is 70.5 cm³/mol. The first-order chi connectivity index (χ1) is 8.83. The molecule has 2 saturated heterocycles. The first-order valence-electron chi connectivity index (χ1n) is 7.69. The molecular weight excluding hydrogens is 226 g/mol. The Labute approximate surface area is 110 Å². The van der Waals surface area contributed by atoms with Crippen molar-refractivity contribution >= 4 is 5.78 Å². The molecule has 0 aromatic carbocycles. The number of nitrogens with one attached hydrogen (secondary N) is 1. The average molecular weight is 251 g/mol. The van der Waals surface area contributed by atoms with Crippen LogP contribution in [0.5, 0.6) is 0 Å². The van der Waals surface area contributed by atoms with E-state index in [9.17, 15) is 4.79 Å². The van der Waals surface area contributed by atoms with Gasteiger partial charge in [0.15, 0.2) is 0 Å². The smallest absolute Gasteiger partial charge is 0.150 e. The summed E-state index contributed by atoms with van der Waals surface area (Å²) < 4.78 is 5.36. The fourth-order valence-electron chi connectivity index (χ4n) is 3.94. The van der Waals surface area contributed by atoms with E-state index in [-0.39, 0.29) is 6.04 Å². The van der Waals surface area contributed by atoms with Crippen molar-refractivity contribution in [2.45, 2.75) is 63.5 Å². The van der Waals surface area contributed by atoms with Crippen molar-refractivity contribution in [1.29, 1.82) is 0 Å². The molecule has 3 aliphatic rings. The van der Waals surface area contributed by atoms with Crippen molar-refractivity contribution in [3.8, 4) is 0 Å². The Kier molecular flexibility index (Phi) is 4.00. The van der Waals surface area contributed by atoms with E-state index in [1.165, 1.54) is 25.7 Å². The van der Waals surface area contributed by atoms with Crippen LogP contribution >= 0.6 is 0 Å². The number of fused-ring (bicyclic) bond motifs is 1. The SMILES string of the molecule is O=C(CC1CCOCC1)C1CC2CCCCC2N1. The maximum absolute atomic E-state index is 12.4. The summed E-state index contributed by atoms with van der Waals surface area (Å²) in [6, 6.07) is 0.809. The molecule has 0 amide bonds. The quantitative estimate of drug-likeness (QED) is 0.836. The van der Waals surface area contributed by atoms with E-state index >= 15 is 0 Å². The van der Waals surface area contributed by atoms with Crippen molar-refractivity contribution in [2.24, 2.45) is 11.8 Å². The Bertz CT molecular complexity index is 285. The van der Waals surface area contributed by atoms with Crippen molar-refractivity contribution < 1.29 is 9.53 Å². The zero-order chi connectivity index (χ0) is 12.4. The van der Waals surface area contributed by atoms with Gasteiger partial charge in [0, 0.05) is 25.7 Å². The standard InChI is InChI=1S/C15H25NO2/c17-15(9-11-5-7-18-8-6-11)14-10-12-3-1-2-4-13(12)16-14/h11-14,16H,1-10H2. The number of carbonyl (C=O) groups is 1. The molecule has 1 saturated carbocycles. The molecule has 3 unspecified atom stereocenters. The van der Waals surface area contributed by atoms with E-state index in [0.717, 1.165) is 44.8 Å². The summed E-state index contributed by atoms with van der Waals surface area (Å²) in [5.74, 6) is 1.83. The van der Waals surface area contributed by atoms with Crippen LogP contribution in [0.3, 0.4) is 0 Å². The summed E-state index contributed by atoms with van der Waals surface area (Å²) in [5, 5.41) is 3.60. The Hall–Kier alpha value is -0.410. The van der Waals surface area contributed by atoms with Gasteiger partial charge >= 0.3 is 0 Å². The minimum Gasteiger partial charge on any atom is -0.381 e. The topological polar surface area (TPSA) is 38.3 Å². The highest BCUT2D eigenvalue weighted by Gasteiger charge is 2.38. The highest BCUT2D eigenvalue weighted by atomic mass is 16.5. The monoisotopic (exact) mass is 251 g/mol. The summed E-state index contributed by atoms with van der Waals surface area (Å²) in [4.78, 5) is 12.4. The normalized spacial score (nSPS) is 37.4. The van der Waals surface area contributed by atoms with E-state index in [2.05, 4.69) is 5.32 Å². The molecule has 3 nitrogen and oxygen atoms in total. The predicted octanol–water partition coefficient (Wildman–Crippen LogP) is 2.29. The third kappa shape index (κ3) is 2.77. The largest absolute Gasteiger partial charge is 0.381 e. The number of hydrogen-bond donors (Lipinski definition) is 1. The Morgan fingerprint density at radius 2 is 1.89 bits per heavy atom. The van der Waals surface area contributed by atoms with Crippen molar-refractivity contribution in [1.82, 2.24) is 5.32 Å².